The lowest BCUT2D eigenvalue weighted by molar-refractivity contribution is -0.144. The van der Waals surface area contributed by atoms with Crippen molar-refractivity contribution in [2.45, 2.75) is 137 Å². The summed E-state index contributed by atoms with van der Waals surface area (Å²) in [6.45, 7) is 3.31. The molecule has 0 spiro atoms. The first-order valence-electron chi connectivity index (χ1n) is 26.4. The Hall–Kier alpha value is -7.20. The normalized spacial score (nSPS) is 27.8. The molecule has 20 nitrogen and oxygen atoms in total. The van der Waals surface area contributed by atoms with Gasteiger partial charge in [0.15, 0.2) is 0 Å². The van der Waals surface area contributed by atoms with E-state index in [9.17, 15) is 47.1 Å². The lowest BCUT2D eigenvalue weighted by Crippen LogP contribution is -2.62. The van der Waals surface area contributed by atoms with Gasteiger partial charge in [-0.2, -0.15) is 0 Å². The molecule has 76 heavy (non-hydrogen) atoms. The van der Waals surface area contributed by atoms with Crippen LogP contribution < -0.4 is 42.5 Å². The van der Waals surface area contributed by atoms with Gasteiger partial charge in [0, 0.05) is 60.5 Å². The summed E-state index contributed by atoms with van der Waals surface area (Å²) >= 11 is 0. The summed E-state index contributed by atoms with van der Waals surface area (Å²) in [6, 6.07) is 11.6. The maximum Gasteiger partial charge on any atom is 0.321 e. The monoisotopic (exact) mass is 1050 g/mol. The fourth-order valence-electron chi connectivity index (χ4n) is 11.3. The molecular weight excluding hydrogens is 983 g/mol. The summed E-state index contributed by atoms with van der Waals surface area (Å²) in [5.74, 6) is -3.56. The standard InChI is InChI=1S/C54H68F2N12O8/c1-29(57-3)47(69)63-43-27-65(23-21-33-17-19-45(67(33)51(43)73)49(71)61-41-25-37(41)35-9-5-7-11-39(35)55)53(75)59-31-13-15-32(16-14-31)60-54(76)66-24-22-34-18-20-46(68(34)52(74)44(28-66)64-48(70)30(2)58-4)50(72)62-42-26-38(42)36-10-6-8-12-40(36)56/h5-16,29-30,33-34,37-38,41-46,57-58H,17-28H2,1-4H3,(H,59,75)(H,60,76)(H,61,71)(H,62,72)(H,63,69)(H,64,70)/t29-,30-,33+,34+,37+,38+,41-,42-,43-,44+,45-,46-/m0/s1. The maximum atomic E-state index is 14.5. The molecule has 2 saturated carbocycles. The third-order valence-corrected chi connectivity index (χ3v) is 16.1. The van der Waals surface area contributed by atoms with Gasteiger partial charge < -0.3 is 62.1 Å². The number of urea groups is 2. The van der Waals surface area contributed by atoms with Crippen molar-refractivity contribution in [1.29, 1.82) is 0 Å². The Morgan fingerprint density at radius 2 is 0.908 bits per heavy atom. The molecule has 12 atom stereocenters. The van der Waals surface area contributed by atoms with Crippen LogP contribution in [0.1, 0.15) is 88.2 Å². The number of hydrogen-bond acceptors (Lipinski definition) is 10. The minimum atomic E-state index is -1.18. The number of hydrogen-bond donors (Lipinski definition) is 8. The van der Waals surface area contributed by atoms with E-state index in [4.69, 9.17) is 0 Å². The molecule has 10 amide bonds. The summed E-state index contributed by atoms with van der Waals surface area (Å²) in [5.41, 5.74) is 1.81. The van der Waals surface area contributed by atoms with Gasteiger partial charge in [-0.25, -0.2) is 18.4 Å². The van der Waals surface area contributed by atoms with Crippen LogP contribution in [0.2, 0.25) is 0 Å². The molecule has 3 aromatic rings. The van der Waals surface area contributed by atoms with Crippen LogP contribution in [0.25, 0.3) is 0 Å². The van der Waals surface area contributed by atoms with Crippen LogP contribution in [0, 0.1) is 11.6 Å². The van der Waals surface area contributed by atoms with Crippen molar-refractivity contribution in [2.24, 2.45) is 0 Å². The van der Waals surface area contributed by atoms with Gasteiger partial charge >= 0.3 is 12.1 Å². The second-order valence-electron chi connectivity index (χ2n) is 21.0. The number of rotatable bonds is 14. The molecule has 6 fully saturated rings. The van der Waals surface area contributed by atoms with Crippen molar-refractivity contribution in [3.8, 4) is 0 Å². The summed E-state index contributed by atoms with van der Waals surface area (Å²) in [6.07, 6.45) is 3.67. The van der Waals surface area contributed by atoms with Crippen molar-refractivity contribution < 1.29 is 47.1 Å². The van der Waals surface area contributed by atoms with E-state index in [1.54, 1.807) is 98.4 Å². The van der Waals surface area contributed by atoms with E-state index in [0.29, 0.717) is 73.9 Å². The average molecular weight is 1050 g/mol. The average Bonchev–Trinajstić information content (AvgIpc) is 4.27. The summed E-state index contributed by atoms with van der Waals surface area (Å²) in [4.78, 5) is 117. The Labute approximate surface area is 440 Å². The van der Waals surface area contributed by atoms with Crippen molar-refractivity contribution in [2.75, 3.05) is 50.9 Å². The highest BCUT2D eigenvalue weighted by Gasteiger charge is 2.50. The highest BCUT2D eigenvalue weighted by atomic mass is 19.1. The van der Waals surface area contributed by atoms with Crippen LogP contribution in [-0.4, -0.2) is 168 Å². The van der Waals surface area contributed by atoms with Crippen molar-refractivity contribution in [1.82, 2.24) is 51.5 Å². The van der Waals surface area contributed by atoms with E-state index in [1.165, 1.54) is 21.9 Å². The molecule has 0 bridgehead atoms. The van der Waals surface area contributed by atoms with E-state index < -0.39 is 84.0 Å². The van der Waals surface area contributed by atoms with Crippen molar-refractivity contribution >= 4 is 58.9 Å². The smallest absolute Gasteiger partial charge is 0.321 e. The highest BCUT2D eigenvalue weighted by Crippen LogP contribution is 2.44. The number of amides is 10. The SMILES string of the molecule is CN[C@@H](C)C(=O)N[C@H]1CN(C(=O)Nc2ccc(NC(=O)N3CC[C@H]4CC[C@@H](C(=O)N[C@H]5C[C@@H]5c5ccccc5F)N4C(=O)[C@H](NC(=O)[C@H](C)NC)C3)cc2)CC[C@H]2CC[C@@H](C(=O)N[C@H]3C[C@@H]3c3ccccc3F)N2C1=O. The first-order valence-corrected chi connectivity index (χ1v) is 26.4. The first-order chi connectivity index (χ1) is 36.5. The van der Waals surface area contributed by atoms with E-state index in [1.807, 2.05) is 0 Å². The van der Waals surface area contributed by atoms with Gasteiger partial charge in [0.1, 0.15) is 35.8 Å². The number of anilines is 2. The minimum Gasteiger partial charge on any atom is -0.351 e. The molecule has 3 aromatic carbocycles. The van der Waals surface area contributed by atoms with E-state index >= 15 is 0 Å². The molecular formula is C54H68F2N12O8. The molecule has 4 heterocycles. The van der Waals surface area contributed by atoms with Gasteiger partial charge in [0.25, 0.3) is 0 Å². The third kappa shape index (κ3) is 11.8. The fourth-order valence-corrected chi connectivity index (χ4v) is 11.3. The molecule has 22 heteroatoms. The van der Waals surface area contributed by atoms with Crippen molar-refractivity contribution in [3.63, 3.8) is 0 Å². The third-order valence-electron chi connectivity index (χ3n) is 16.1. The Kier molecular flexibility index (Phi) is 16.2. The number of likely N-dealkylation sites (N-methyl/N-ethyl adjacent to an activating group) is 2. The molecule has 4 aliphatic heterocycles. The predicted molar refractivity (Wildman–Crippen MR) is 276 cm³/mol. The minimum absolute atomic E-state index is 0.165. The molecule has 8 N–H and O–H groups in total. The largest absolute Gasteiger partial charge is 0.351 e. The van der Waals surface area contributed by atoms with E-state index in [0.717, 1.165) is 0 Å². The topological polar surface area (TPSA) is 246 Å². The predicted octanol–water partition coefficient (Wildman–Crippen LogP) is 2.69. The zero-order chi connectivity index (χ0) is 53.9. The highest BCUT2D eigenvalue weighted by molar-refractivity contribution is 5.97. The van der Waals surface area contributed by atoms with Crippen LogP contribution >= 0.6 is 0 Å². The van der Waals surface area contributed by atoms with Gasteiger partial charge in [0.05, 0.1) is 25.2 Å². The van der Waals surface area contributed by atoms with Gasteiger partial charge in [-0.3, -0.25) is 28.8 Å². The maximum absolute atomic E-state index is 14.5. The number of fused-ring (bicyclic) bond motifs is 2. The molecule has 2 aliphatic carbocycles. The second-order valence-corrected chi connectivity index (χ2v) is 21.0. The van der Waals surface area contributed by atoms with Crippen molar-refractivity contribution in [3.05, 3.63) is 95.6 Å². The molecule has 6 aliphatic rings. The number of nitrogens with one attached hydrogen (secondary N) is 8. The summed E-state index contributed by atoms with van der Waals surface area (Å²) in [7, 11) is 3.22. The Morgan fingerprint density at radius 3 is 1.28 bits per heavy atom. The number of benzene rings is 3. The molecule has 0 radical (unpaired) electrons. The summed E-state index contributed by atoms with van der Waals surface area (Å²) in [5, 5.41) is 23.1. The lowest BCUT2D eigenvalue weighted by Gasteiger charge is -2.39. The van der Waals surface area contributed by atoms with Crippen LogP contribution in [-0.2, 0) is 28.8 Å². The molecule has 406 valence electrons. The van der Waals surface area contributed by atoms with Gasteiger partial charge in [-0.05, 0) is 127 Å². The zero-order valence-corrected chi connectivity index (χ0v) is 43.2. The van der Waals surface area contributed by atoms with Gasteiger partial charge in [-0.1, -0.05) is 36.4 Å². The van der Waals surface area contributed by atoms with Crippen LogP contribution in [0.3, 0.4) is 0 Å². The first kappa shape index (κ1) is 53.6. The Bertz CT molecular complexity index is 2540. The molecule has 4 saturated heterocycles. The number of halogens is 2. The summed E-state index contributed by atoms with van der Waals surface area (Å²) < 4.78 is 29.0. The Morgan fingerprint density at radius 1 is 0.526 bits per heavy atom. The zero-order valence-electron chi connectivity index (χ0n) is 43.2. The molecule has 0 unspecified atom stereocenters. The lowest BCUT2D eigenvalue weighted by atomic mass is 10.1. The fraction of sp³-hybridized carbons (Fsp3) is 0.519. The molecule has 0 aromatic heterocycles. The van der Waals surface area contributed by atoms with E-state index in [2.05, 4.69) is 42.5 Å². The van der Waals surface area contributed by atoms with Crippen LogP contribution in [0.4, 0.5) is 29.7 Å². The quantitative estimate of drug-likeness (QED) is 0.117. The van der Waals surface area contributed by atoms with Crippen LogP contribution in [0.5, 0.6) is 0 Å². The number of nitrogens with zero attached hydrogens (tertiary/aromatic N) is 4. The Balaban J connectivity index is 0.823. The number of carbonyl (C=O) groups excluding carboxylic acids is 8. The second kappa shape index (κ2) is 23.0. The van der Waals surface area contributed by atoms with Gasteiger partial charge in [-0.15, -0.1) is 0 Å². The number of carbonyl (C=O) groups is 8. The van der Waals surface area contributed by atoms with Crippen LogP contribution in [0.15, 0.2) is 72.8 Å². The van der Waals surface area contributed by atoms with E-state index in [-0.39, 0.29) is 73.5 Å². The molecule has 9 rings (SSSR count). The van der Waals surface area contributed by atoms with Gasteiger partial charge in [0.2, 0.25) is 35.4 Å².